The molecule has 0 saturated carbocycles. The third kappa shape index (κ3) is 2.21. The maximum atomic E-state index is 2.79. The summed E-state index contributed by atoms with van der Waals surface area (Å²) in [5, 5.41) is 2.84. The van der Waals surface area contributed by atoms with Gasteiger partial charge in [0.15, 0.2) is 0 Å². The molecule has 2 aliphatic heterocycles. The van der Waals surface area contributed by atoms with Crippen LogP contribution in [0.4, 0.5) is 5.69 Å². The zero-order valence-electron chi connectivity index (χ0n) is 13.8. The normalized spacial score (nSPS) is 25.4. The summed E-state index contributed by atoms with van der Waals surface area (Å²) in [6.07, 6.45) is 6.92. The van der Waals surface area contributed by atoms with Gasteiger partial charge in [0.05, 0.1) is 0 Å². The second kappa shape index (κ2) is 5.58. The van der Waals surface area contributed by atoms with E-state index >= 15 is 0 Å². The maximum absolute atomic E-state index is 2.79. The number of piperidine rings is 1. The minimum Gasteiger partial charge on any atom is -0.377 e. The number of anilines is 1. The molecule has 22 heavy (non-hydrogen) atoms. The van der Waals surface area contributed by atoms with Crippen LogP contribution in [0.15, 0.2) is 36.4 Å². The van der Waals surface area contributed by atoms with Crippen molar-refractivity contribution in [2.45, 2.75) is 44.2 Å². The lowest BCUT2D eigenvalue weighted by molar-refractivity contribution is 0.150. The average molecular weight is 294 g/mol. The van der Waals surface area contributed by atoms with Gasteiger partial charge >= 0.3 is 0 Å². The van der Waals surface area contributed by atoms with Crippen molar-refractivity contribution in [3.05, 3.63) is 42.0 Å². The van der Waals surface area contributed by atoms with E-state index in [1.54, 1.807) is 5.56 Å². The molecule has 0 aliphatic carbocycles. The summed E-state index contributed by atoms with van der Waals surface area (Å²) in [6, 6.07) is 15.1. The number of benzene rings is 2. The molecule has 2 atom stereocenters. The van der Waals surface area contributed by atoms with Crippen LogP contribution < -0.4 is 4.90 Å². The highest BCUT2D eigenvalue weighted by molar-refractivity contribution is 5.96. The Kier molecular flexibility index (Phi) is 3.57. The molecule has 2 aromatic rings. The third-order valence-electron chi connectivity index (χ3n) is 5.62. The zero-order valence-corrected chi connectivity index (χ0v) is 13.8. The summed E-state index contributed by atoms with van der Waals surface area (Å²) in [5.41, 5.74) is 2.87. The first-order valence-corrected chi connectivity index (χ1v) is 8.70. The SMILES string of the molecule is CN(C)c1cccc2c(C3CCC4CCCCN43)cccc12. The van der Waals surface area contributed by atoms with Crippen molar-refractivity contribution < 1.29 is 0 Å². The van der Waals surface area contributed by atoms with E-state index in [1.165, 1.54) is 55.1 Å². The molecule has 4 rings (SSSR count). The quantitative estimate of drug-likeness (QED) is 0.799. The Hall–Kier alpha value is -1.54. The predicted molar refractivity (Wildman–Crippen MR) is 94.6 cm³/mol. The van der Waals surface area contributed by atoms with Crippen LogP contribution in [0.2, 0.25) is 0 Å². The smallest absolute Gasteiger partial charge is 0.0440 e. The second-order valence-corrected chi connectivity index (χ2v) is 7.09. The average Bonchev–Trinajstić information content (AvgIpc) is 2.97. The molecule has 116 valence electrons. The number of rotatable bonds is 2. The lowest BCUT2D eigenvalue weighted by Crippen LogP contribution is -2.35. The van der Waals surface area contributed by atoms with Crippen LogP contribution in [-0.2, 0) is 0 Å². The maximum Gasteiger partial charge on any atom is 0.0440 e. The van der Waals surface area contributed by atoms with Crippen LogP contribution in [0.1, 0.15) is 43.7 Å². The first-order chi connectivity index (χ1) is 10.8. The predicted octanol–water partition coefficient (Wildman–Crippen LogP) is 4.60. The molecule has 0 spiro atoms. The van der Waals surface area contributed by atoms with E-state index in [0.717, 1.165) is 6.04 Å². The zero-order chi connectivity index (χ0) is 15.1. The molecule has 2 fully saturated rings. The number of fused-ring (bicyclic) bond motifs is 2. The van der Waals surface area contributed by atoms with Gasteiger partial charge < -0.3 is 4.90 Å². The fourth-order valence-corrected chi connectivity index (χ4v) is 4.59. The molecule has 0 aromatic heterocycles. The Labute approximate surface area is 133 Å². The minimum atomic E-state index is 0.631. The van der Waals surface area contributed by atoms with Gasteiger partial charge in [-0.15, -0.1) is 0 Å². The number of hydrogen-bond acceptors (Lipinski definition) is 2. The Bertz CT molecular complexity index is 676. The van der Waals surface area contributed by atoms with Crippen molar-refractivity contribution >= 4 is 16.5 Å². The van der Waals surface area contributed by atoms with Gasteiger partial charge in [0.25, 0.3) is 0 Å². The fraction of sp³-hybridized carbons (Fsp3) is 0.500. The van der Waals surface area contributed by atoms with Crippen LogP contribution in [-0.4, -0.2) is 31.6 Å². The molecule has 0 amide bonds. The summed E-state index contributed by atoms with van der Waals surface area (Å²) in [6.45, 7) is 1.29. The summed E-state index contributed by atoms with van der Waals surface area (Å²) in [4.78, 5) is 5.02. The van der Waals surface area contributed by atoms with Crippen molar-refractivity contribution in [1.82, 2.24) is 4.90 Å². The molecule has 0 bridgehead atoms. The highest BCUT2D eigenvalue weighted by atomic mass is 15.2. The highest BCUT2D eigenvalue weighted by Gasteiger charge is 2.36. The fourth-order valence-electron chi connectivity index (χ4n) is 4.59. The van der Waals surface area contributed by atoms with Gasteiger partial charge in [-0.1, -0.05) is 36.8 Å². The van der Waals surface area contributed by atoms with Crippen molar-refractivity contribution in [1.29, 1.82) is 0 Å². The number of nitrogens with zero attached hydrogens (tertiary/aromatic N) is 2. The molecule has 2 heterocycles. The van der Waals surface area contributed by atoms with Crippen LogP contribution in [0.3, 0.4) is 0 Å². The van der Waals surface area contributed by atoms with Crippen LogP contribution in [0, 0.1) is 0 Å². The summed E-state index contributed by atoms with van der Waals surface area (Å²) < 4.78 is 0. The van der Waals surface area contributed by atoms with E-state index in [-0.39, 0.29) is 0 Å². The van der Waals surface area contributed by atoms with Gasteiger partial charge in [-0.25, -0.2) is 0 Å². The summed E-state index contributed by atoms with van der Waals surface area (Å²) in [7, 11) is 4.27. The van der Waals surface area contributed by atoms with Crippen molar-refractivity contribution in [2.75, 3.05) is 25.5 Å². The van der Waals surface area contributed by atoms with Crippen molar-refractivity contribution in [2.24, 2.45) is 0 Å². The molecule has 0 radical (unpaired) electrons. The number of hydrogen-bond donors (Lipinski definition) is 0. The Morgan fingerprint density at radius 1 is 0.909 bits per heavy atom. The van der Waals surface area contributed by atoms with Gasteiger partial charge in [-0.3, -0.25) is 4.90 Å². The molecule has 2 aliphatic rings. The van der Waals surface area contributed by atoms with E-state index < -0.39 is 0 Å². The van der Waals surface area contributed by atoms with E-state index in [9.17, 15) is 0 Å². The van der Waals surface area contributed by atoms with E-state index in [1.807, 2.05) is 0 Å². The molecule has 2 heteroatoms. The summed E-state index contributed by atoms with van der Waals surface area (Å²) in [5.74, 6) is 0. The Morgan fingerprint density at radius 2 is 1.73 bits per heavy atom. The molecule has 2 unspecified atom stereocenters. The molecule has 2 aromatic carbocycles. The Morgan fingerprint density at radius 3 is 2.59 bits per heavy atom. The third-order valence-corrected chi connectivity index (χ3v) is 5.62. The first-order valence-electron chi connectivity index (χ1n) is 8.70. The summed E-state index contributed by atoms with van der Waals surface area (Å²) >= 11 is 0. The van der Waals surface area contributed by atoms with Gasteiger partial charge in [-0.2, -0.15) is 0 Å². The van der Waals surface area contributed by atoms with E-state index in [0.29, 0.717) is 6.04 Å². The first kappa shape index (κ1) is 14.1. The van der Waals surface area contributed by atoms with Crippen molar-refractivity contribution in [3.8, 4) is 0 Å². The van der Waals surface area contributed by atoms with Gasteiger partial charge in [0, 0.05) is 37.3 Å². The van der Waals surface area contributed by atoms with Crippen LogP contribution in [0.5, 0.6) is 0 Å². The second-order valence-electron chi connectivity index (χ2n) is 7.09. The molecular formula is C20H26N2. The lowest BCUT2D eigenvalue weighted by atomic mass is 9.96. The Balaban J connectivity index is 1.80. The molecule has 2 saturated heterocycles. The lowest BCUT2D eigenvalue weighted by Gasteiger charge is -2.34. The van der Waals surface area contributed by atoms with Crippen LogP contribution in [0.25, 0.3) is 10.8 Å². The van der Waals surface area contributed by atoms with Gasteiger partial charge in [0.1, 0.15) is 0 Å². The minimum absolute atomic E-state index is 0.631. The monoisotopic (exact) mass is 294 g/mol. The van der Waals surface area contributed by atoms with Crippen molar-refractivity contribution in [3.63, 3.8) is 0 Å². The van der Waals surface area contributed by atoms with E-state index in [2.05, 4.69) is 60.3 Å². The van der Waals surface area contributed by atoms with Crippen LogP contribution >= 0.6 is 0 Å². The van der Waals surface area contributed by atoms with Gasteiger partial charge in [-0.05, 0) is 49.2 Å². The highest BCUT2D eigenvalue weighted by Crippen LogP contribution is 2.43. The van der Waals surface area contributed by atoms with Gasteiger partial charge in [0.2, 0.25) is 0 Å². The molecule has 2 nitrogen and oxygen atoms in total. The molecule has 0 N–H and O–H groups in total. The largest absolute Gasteiger partial charge is 0.377 e. The topological polar surface area (TPSA) is 6.48 Å². The molecular weight excluding hydrogens is 268 g/mol. The van der Waals surface area contributed by atoms with E-state index in [4.69, 9.17) is 0 Å². The standard InChI is InChI=1S/C20H26N2/c1-21(2)19-11-6-8-16-17(19)9-5-10-18(16)20-13-12-15-7-3-4-14-22(15)20/h5-6,8-11,15,20H,3-4,7,12-14H2,1-2H3.